The number of aliphatic hydroxyl groups excluding tert-OH is 2. The summed E-state index contributed by atoms with van der Waals surface area (Å²) in [6.07, 6.45) is 2.60. The second-order valence-corrected chi connectivity index (χ2v) is 12.8. The number of rotatable bonds is 8. The molecule has 4 aromatic carbocycles. The molecule has 0 saturated carbocycles. The van der Waals surface area contributed by atoms with Crippen molar-refractivity contribution in [2.75, 3.05) is 0 Å². The lowest BCUT2D eigenvalue weighted by atomic mass is 9.78. The zero-order valence-electron chi connectivity index (χ0n) is 25.0. The van der Waals surface area contributed by atoms with Crippen LogP contribution >= 0.6 is 46.4 Å². The van der Waals surface area contributed by atoms with Crippen LogP contribution in [-0.4, -0.2) is 32.3 Å². The van der Waals surface area contributed by atoms with E-state index >= 15 is 0 Å². The van der Waals surface area contributed by atoms with Gasteiger partial charge in [-0.25, -0.2) is 0 Å². The van der Waals surface area contributed by atoms with E-state index in [-0.39, 0.29) is 53.5 Å². The summed E-state index contributed by atoms with van der Waals surface area (Å²) in [6.45, 7) is 0. The normalized spacial score (nSPS) is 23.5. The Labute approximate surface area is 299 Å². The van der Waals surface area contributed by atoms with Gasteiger partial charge in [-0.3, -0.25) is 20.2 Å². The van der Waals surface area contributed by atoms with E-state index in [1.165, 1.54) is 48.6 Å². The second-order valence-electron chi connectivity index (χ2n) is 11.2. The summed E-state index contributed by atoms with van der Waals surface area (Å²) in [5.41, 5.74) is -4.34. The van der Waals surface area contributed by atoms with E-state index in [4.69, 9.17) is 51.1 Å². The van der Waals surface area contributed by atoms with Crippen molar-refractivity contribution in [2.45, 2.75) is 23.3 Å². The van der Waals surface area contributed by atoms with Crippen LogP contribution < -0.4 is 0 Å². The Morgan fingerprint density at radius 1 is 0.551 bits per heavy atom. The third-order valence-corrected chi connectivity index (χ3v) is 9.91. The topological polar surface area (TPSA) is 136 Å². The van der Waals surface area contributed by atoms with Crippen LogP contribution in [0.2, 0.25) is 20.1 Å². The maximum absolute atomic E-state index is 12.9. The molecule has 0 fully saturated rings. The van der Waals surface area contributed by atoms with Gasteiger partial charge in [0.25, 0.3) is 0 Å². The van der Waals surface area contributed by atoms with Crippen molar-refractivity contribution >= 4 is 57.5 Å². The van der Waals surface area contributed by atoms with Crippen molar-refractivity contribution in [2.24, 2.45) is 0 Å². The fourth-order valence-corrected chi connectivity index (χ4v) is 7.29. The van der Waals surface area contributed by atoms with Crippen molar-refractivity contribution in [1.82, 2.24) is 0 Å². The minimum Gasteiger partial charge on any atom is -0.505 e. The Kier molecular flexibility index (Phi) is 9.32. The highest BCUT2D eigenvalue weighted by atomic mass is 35.5. The van der Waals surface area contributed by atoms with E-state index in [1.54, 1.807) is 72.8 Å². The number of hydrogen-bond acceptors (Lipinski definition) is 7. The molecular weight excluding hydrogens is 714 g/mol. The largest absolute Gasteiger partial charge is 0.505 e. The summed E-state index contributed by atoms with van der Waals surface area (Å²) >= 11 is 26.1. The molecule has 0 saturated heterocycles. The van der Waals surface area contributed by atoms with Crippen molar-refractivity contribution < 1.29 is 24.8 Å². The molecule has 0 heterocycles. The molecule has 4 aromatic rings. The van der Waals surface area contributed by atoms with Crippen molar-refractivity contribution in [3.8, 4) is 0 Å². The molecule has 2 aliphatic carbocycles. The molecule has 9 nitrogen and oxygen atoms in total. The van der Waals surface area contributed by atoms with Crippen LogP contribution in [0.15, 0.2) is 133 Å². The van der Waals surface area contributed by atoms with Gasteiger partial charge in [-0.1, -0.05) is 107 Å². The lowest BCUT2D eigenvalue weighted by molar-refractivity contribution is -0.557. The molecule has 2 aliphatic rings. The lowest BCUT2D eigenvalue weighted by Crippen LogP contribution is -2.43. The summed E-state index contributed by atoms with van der Waals surface area (Å²) in [5, 5.41) is 50.2. The van der Waals surface area contributed by atoms with E-state index in [0.717, 1.165) is 0 Å². The SMILES string of the molecule is O=[N+]([O-])C1(c2ccccc2Cl)C=CC(OC2C=CC(c3ccccc3Cl)([N+](=O)[O-])C(O)=C2c2ccccc2Cl)C(c2ccccc2Cl)=C1O. The molecule has 0 amide bonds. The minimum atomic E-state index is -2.33. The highest BCUT2D eigenvalue weighted by Gasteiger charge is 2.56. The molecule has 0 aliphatic heterocycles. The van der Waals surface area contributed by atoms with Crippen LogP contribution in [0.5, 0.6) is 0 Å². The Morgan fingerprint density at radius 2 is 0.878 bits per heavy atom. The summed E-state index contributed by atoms with van der Waals surface area (Å²) < 4.78 is 6.56. The molecule has 4 unspecified atom stereocenters. The van der Waals surface area contributed by atoms with E-state index in [2.05, 4.69) is 0 Å². The number of hydrogen-bond donors (Lipinski definition) is 2. The number of halogens is 4. The molecule has 2 N–H and O–H groups in total. The third-order valence-electron chi connectivity index (χ3n) is 8.59. The maximum Gasteiger partial charge on any atom is 0.322 e. The van der Waals surface area contributed by atoms with Crippen LogP contribution in [0.4, 0.5) is 0 Å². The predicted molar refractivity (Wildman–Crippen MR) is 189 cm³/mol. The number of nitro groups is 2. The van der Waals surface area contributed by atoms with Crippen molar-refractivity contribution in [3.63, 3.8) is 0 Å². The van der Waals surface area contributed by atoms with Gasteiger partial charge in [0.1, 0.15) is 12.2 Å². The average Bonchev–Trinajstić information content (AvgIpc) is 3.07. The van der Waals surface area contributed by atoms with E-state index in [0.29, 0.717) is 0 Å². The van der Waals surface area contributed by atoms with Gasteiger partial charge in [0.2, 0.25) is 0 Å². The summed E-state index contributed by atoms with van der Waals surface area (Å²) in [6, 6.07) is 24.9. The molecule has 49 heavy (non-hydrogen) atoms. The standard InChI is InChI=1S/C36H24Cl4N2O7/c37-25-13-5-1-9-21(25)31-29(17-19-35(33(31)43,41(45)46)23-11-3-7-15-27(23)39)49-30-18-20-36(42(47)48,24-12-4-8-16-28(24)40)34(44)32(30)22-10-2-6-14-26(22)38/h1-20,29-30,43-44H. The van der Waals surface area contributed by atoms with Crippen LogP contribution in [0.3, 0.4) is 0 Å². The molecule has 0 aromatic heterocycles. The van der Waals surface area contributed by atoms with Gasteiger partial charge in [-0.15, -0.1) is 0 Å². The predicted octanol–water partition coefficient (Wildman–Crippen LogP) is 9.78. The van der Waals surface area contributed by atoms with Gasteiger partial charge in [0.15, 0.2) is 11.5 Å². The van der Waals surface area contributed by atoms with Crippen LogP contribution in [-0.2, 0) is 15.8 Å². The summed E-state index contributed by atoms with van der Waals surface area (Å²) in [7, 11) is 0. The van der Waals surface area contributed by atoms with Gasteiger partial charge in [-0.2, -0.15) is 0 Å². The summed E-state index contributed by atoms with van der Waals surface area (Å²) in [5.74, 6) is -1.43. The van der Waals surface area contributed by atoms with Gasteiger partial charge in [0, 0.05) is 54.3 Å². The highest BCUT2D eigenvalue weighted by Crippen LogP contribution is 2.49. The number of ether oxygens (including phenoxy) is 1. The van der Waals surface area contributed by atoms with E-state index < -0.39 is 44.7 Å². The van der Waals surface area contributed by atoms with Gasteiger partial charge in [0.05, 0.1) is 21.2 Å². The number of nitrogens with zero attached hydrogens (tertiary/aromatic N) is 2. The molecule has 248 valence electrons. The van der Waals surface area contributed by atoms with Crippen molar-refractivity contribution in [3.05, 3.63) is 195 Å². The monoisotopic (exact) mass is 736 g/mol. The fourth-order valence-electron chi connectivity index (χ4n) is 6.26. The fraction of sp³-hybridized carbons (Fsp3) is 0.111. The first-order chi connectivity index (χ1) is 23.4. The summed E-state index contributed by atoms with van der Waals surface area (Å²) in [4.78, 5) is 24.5. The molecule has 0 radical (unpaired) electrons. The first-order valence-corrected chi connectivity index (χ1v) is 16.2. The maximum atomic E-state index is 12.9. The molecule has 4 atom stereocenters. The zero-order valence-corrected chi connectivity index (χ0v) is 28.1. The van der Waals surface area contributed by atoms with Crippen LogP contribution in [0.25, 0.3) is 11.1 Å². The van der Waals surface area contributed by atoms with E-state index in [1.807, 2.05) is 0 Å². The Morgan fingerprint density at radius 3 is 1.20 bits per heavy atom. The molecule has 13 heteroatoms. The second kappa shape index (κ2) is 13.3. The van der Waals surface area contributed by atoms with Crippen LogP contribution in [0.1, 0.15) is 22.3 Å². The Hall–Kier alpha value is -4.64. The smallest absolute Gasteiger partial charge is 0.322 e. The number of aliphatic hydroxyl groups is 2. The number of benzene rings is 4. The van der Waals surface area contributed by atoms with Gasteiger partial charge < -0.3 is 14.9 Å². The Balaban J connectivity index is 1.57. The quantitative estimate of drug-likeness (QED) is 0.104. The van der Waals surface area contributed by atoms with Crippen LogP contribution in [0, 0.1) is 20.2 Å². The van der Waals surface area contributed by atoms with Gasteiger partial charge in [-0.05, 0) is 48.6 Å². The molecule has 6 rings (SSSR count). The first kappa shape index (κ1) is 34.2. The lowest BCUT2D eigenvalue weighted by Gasteiger charge is -2.36. The first-order valence-electron chi connectivity index (χ1n) is 14.6. The average molecular weight is 738 g/mol. The zero-order chi connectivity index (χ0) is 35.1. The molecule has 0 spiro atoms. The van der Waals surface area contributed by atoms with Crippen molar-refractivity contribution in [1.29, 1.82) is 0 Å². The molecular formula is C36H24Cl4N2O7. The minimum absolute atomic E-state index is 0.000727. The highest BCUT2D eigenvalue weighted by molar-refractivity contribution is 6.33. The van der Waals surface area contributed by atoms with E-state index in [9.17, 15) is 30.4 Å². The molecule has 0 bridgehead atoms. The van der Waals surface area contributed by atoms with Gasteiger partial charge >= 0.3 is 11.1 Å². The Bertz CT molecular complexity index is 1980. The third kappa shape index (κ3) is 5.57.